The van der Waals surface area contributed by atoms with Gasteiger partial charge in [0.05, 0.1) is 11.6 Å². The first kappa shape index (κ1) is 45.8. The molecule has 0 saturated carbocycles. The summed E-state index contributed by atoms with van der Waals surface area (Å²) in [6.45, 7) is 19.7. The second-order valence-corrected chi connectivity index (χ2v) is 22.8. The molecule has 1 aromatic heterocycles. The van der Waals surface area contributed by atoms with Crippen LogP contribution in [0, 0.1) is 0 Å². The topological polar surface area (TPSA) is 104 Å². The van der Waals surface area contributed by atoms with Crippen molar-refractivity contribution >= 4 is 36.9 Å². The highest BCUT2D eigenvalue weighted by atomic mass is 28.4. The van der Waals surface area contributed by atoms with Gasteiger partial charge >= 0.3 is 6.09 Å². The minimum atomic E-state index is -2.37. The summed E-state index contributed by atoms with van der Waals surface area (Å²) >= 11 is 0. The minimum absolute atomic E-state index is 0.0198. The van der Waals surface area contributed by atoms with E-state index < -0.39 is 20.0 Å². The molecule has 0 aliphatic carbocycles. The molecule has 10 nitrogen and oxygen atoms in total. The molecule has 5 rings (SSSR count). The molecule has 5 aromatic rings. The van der Waals surface area contributed by atoms with E-state index in [1.807, 2.05) is 117 Å². The van der Waals surface area contributed by atoms with Crippen LogP contribution in [0.2, 0.25) is 18.1 Å². The molecule has 11 heteroatoms. The monoisotopic (exact) mass is 832 g/mol. The van der Waals surface area contributed by atoms with E-state index in [1.54, 1.807) is 13.1 Å². The van der Waals surface area contributed by atoms with Crippen LogP contribution in [0.3, 0.4) is 0 Å². The molecule has 0 spiro atoms. The fourth-order valence-electron chi connectivity index (χ4n) is 6.71. The Morgan fingerprint density at radius 3 is 1.98 bits per heavy atom. The van der Waals surface area contributed by atoms with Crippen LogP contribution >= 0.6 is 0 Å². The van der Waals surface area contributed by atoms with Crippen molar-refractivity contribution in [2.75, 3.05) is 38.1 Å². The zero-order chi connectivity index (χ0) is 43.5. The van der Waals surface area contributed by atoms with E-state index >= 15 is 0 Å². The van der Waals surface area contributed by atoms with Crippen molar-refractivity contribution in [3.05, 3.63) is 142 Å². The Hall–Kier alpha value is -5.23. The Bertz CT molecular complexity index is 2200. The van der Waals surface area contributed by atoms with Gasteiger partial charge in [-0.25, -0.2) is 4.79 Å². The average Bonchev–Trinajstić information content (AvgIpc) is 3.19. The zero-order valence-electron chi connectivity index (χ0n) is 37.0. The highest BCUT2D eigenvalue weighted by Gasteiger charge is 2.40. The Morgan fingerprint density at radius 2 is 1.37 bits per heavy atom. The molecule has 0 saturated heterocycles. The third-order valence-electron chi connectivity index (χ3n) is 11.0. The molecule has 2 amide bonds. The highest BCUT2D eigenvalue weighted by molar-refractivity contribution is 6.74. The van der Waals surface area contributed by atoms with Crippen molar-refractivity contribution in [2.24, 2.45) is 0 Å². The van der Waals surface area contributed by atoms with Crippen LogP contribution in [0.15, 0.2) is 120 Å². The quantitative estimate of drug-likeness (QED) is 0.0877. The van der Waals surface area contributed by atoms with Gasteiger partial charge in [-0.2, -0.15) is 0 Å². The molecule has 0 aliphatic rings. The smallest absolute Gasteiger partial charge is 0.410 e. The van der Waals surface area contributed by atoms with Crippen molar-refractivity contribution in [1.29, 1.82) is 0 Å². The number of ether oxygens (including phenoxy) is 2. The highest BCUT2D eigenvalue weighted by Crippen LogP contribution is 2.42. The second kappa shape index (κ2) is 20.4. The van der Waals surface area contributed by atoms with Gasteiger partial charge in [0.15, 0.2) is 8.32 Å². The number of hydrogen-bond donors (Lipinski definition) is 1. The number of amides is 2. The van der Waals surface area contributed by atoms with Gasteiger partial charge in [0, 0.05) is 63.3 Å². The number of H-pyrrole nitrogens is 1. The van der Waals surface area contributed by atoms with Gasteiger partial charge in [0.2, 0.25) is 11.5 Å². The molecule has 1 N–H and O–H groups in total. The molecule has 4 aromatic carbocycles. The minimum Gasteiger partial charge on any atom is -0.487 e. The number of aromatic amines is 1. The van der Waals surface area contributed by atoms with Crippen LogP contribution in [0.1, 0.15) is 77.2 Å². The first-order chi connectivity index (χ1) is 28.4. The molecule has 0 radical (unpaired) electrons. The lowest BCUT2D eigenvalue weighted by atomic mass is 10.0. The van der Waals surface area contributed by atoms with Crippen LogP contribution in [0.25, 0.3) is 10.9 Å². The first-order valence-corrected chi connectivity index (χ1v) is 23.9. The first-order valence-electron chi connectivity index (χ1n) is 21.0. The van der Waals surface area contributed by atoms with Crippen LogP contribution < -0.4 is 15.2 Å². The zero-order valence-corrected chi connectivity index (χ0v) is 38.0. The number of hydrogen-bond acceptors (Lipinski definition) is 7. The Labute approximate surface area is 357 Å². The van der Waals surface area contributed by atoms with Crippen LogP contribution in [-0.4, -0.2) is 73.9 Å². The lowest BCUT2D eigenvalue weighted by molar-refractivity contribution is -0.118. The predicted octanol–water partition coefficient (Wildman–Crippen LogP) is 10.4. The lowest BCUT2D eigenvalue weighted by Crippen LogP contribution is -2.45. The largest absolute Gasteiger partial charge is 0.487 e. The summed E-state index contributed by atoms with van der Waals surface area (Å²) in [4.78, 5) is 48.4. The number of carbonyl (C=O) groups is 2. The summed E-state index contributed by atoms with van der Waals surface area (Å²) in [6.07, 6.45) is -0.0283. The molecule has 1 heterocycles. The van der Waals surface area contributed by atoms with E-state index in [0.717, 1.165) is 27.8 Å². The van der Waals surface area contributed by atoms with E-state index in [0.29, 0.717) is 57.0 Å². The standard InChI is InChI=1S/C49H64N4O6Si/c1-48(2,3)58-47(56)51(7)31-19-26-45(55)53(39-24-17-12-18-25-39)33-32-52(34-37-20-13-10-14-21-37)35-43(59-60(8,9)49(4,5)6)40-27-29-42(46-41(40)28-30-44(54)50-46)57-36-38-22-15-11-16-23-38/h10-18,20-25,27-30,43H,19,26,31-36H2,1-9H3,(H,50,54). The number of pyridine rings is 1. The summed E-state index contributed by atoms with van der Waals surface area (Å²) in [7, 11) is -0.675. The van der Waals surface area contributed by atoms with Crippen LogP contribution in [0.4, 0.5) is 10.5 Å². The van der Waals surface area contributed by atoms with Crippen LogP contribution in [0.5, 0.6) is 5.75 Å². The van der Waals surface area contributed by atoms with E-state index in [1.165, 1.54) is 4.90 Å². The lowest BCUT2D eigenvalue weighted by Gasteiger charge is -2.41. The summed E-state index contributed by atoms with van der Waals surface area (Å²) < 4.78 is 19.2. The SMILES string of the molecule is CN(CCCC(=O)N(CCN(Cc1ccccc1)CC(O[Si](C)(C)C(C)(C)C)c1ccc(OCc2ccccc2)c2[nH]c(=O)ccc12)c1ccccc1)C(=O)OC(C)(C)C. The Morgan fingerprint density at radius 1 is 0.750 bits per heavy atom. The molecule has 0 fully saturated rings. The van der Waals surface area contributed by atoms with Crippen LogP contribution in [-0.2, 0) is 27.1 Å². The molecular weight excluding hydrogens is 769 g/mol. The molecule has 1 unspecified atom stereocenters. The van der Waals surface area contributed by atoms with E-state index in [2.05, 4.69) is 61.9 Å². The molecule has 0 bridgehead atoms. The fraction of sp³-hybridized carbons (Fsp3) is 0.408. The number of anilines is 1. The second-order valence-electron chi connectivity index (χ2n) is 18.0. The van der Waals surface area contributed by atoms with Gasteiger partial charge in [-0.1, -0.05) is 106 Å². The summed E-state index contributed by atoms with van der Waals surface area (Å²) in [5, 5.41) is 0.785. The van der Waals surface area contributed by atoms with Gasteiger partial charge < -0.3 is 28.7 Å². The van der Waals surface area contributed by atoms with Crippen molar-refractivity contribution in [1.82, 2.24) is 14.8 Å². The van der Waals surface area contributed by atoms with E-state index in [-0.39, 0.29) is 29.0 Å². The fourth-order valence-corrected chi connectivity index (χ4v) is 7.97. The van der Waals surface area contributed by atoms with Gasteiger partial charge in [0.25, 0.3) is 0 Å². The Kier molecular flexibility index (Phi) is 15.5. The summed E-state index contributed by atoms with van der Waals surface area (Å²) in [5.74, 6) is 0.574. The molecule has 60 heavy (non-hydrogen) atoms. The van der Waals surface area contributed by atoms with Crippen molar-refractivity contribution in [3.8, 4) is 5.75 Å². The van der Waals surface area contributed by atoms with Crippen molar-refractivity contribution < 1.29 is 23.5 Å². The average molecular weight is 833 g/mol. The number of carbonyl (C=O) groups excluding carboxylic acids is 2. The van der Waals surface area contributed by atoms with Gasteiger partial charge in [-0.15, -0.1) is 0 Å². The maximum absolute atomic E-state index is 14.1. The van der Waals surface area contributed by atoms with Crippen molar-refractivity contribution in [2.45, 2.75) is 97.4 Å². The number of fused-ring (bicyclic) bond motifs is 1. The normalized spacial score (nSPS) is 12.6. The molecule has 0 aliphatic heterocycles. The Balaban J connectivity index is 1.46. The third-order valence-corrected chi connectivity index (χ3v) is 15.5. The van der Waals surface area contributed by atoms with Gasteiger partial charge in [0.1, 0.15) is 18.0 Å². The summed E-state index contributed by atoms with van der Waals surface area (Å²) in [6, 6.07) is 37.5. The van der Waals surface area contributed by atoms with Gasteiger partial charge in [-0.3, -0.25) is 14.5 Å². The number of aromatic nitrogens is 1. The number of rotatable bonds is 18. The third kappa shape index (κ3) is 13.1. The number of nitrogens with one attached hydrogen (secondary N) is 1. The number of benzene rings is 4. The molecule has 320 valence electrons. The number of nitrogens with zero attached hydrogens (tertiary/aromatic N) is 3. The van der Waals surface area contributed by atoms with Gasteiger partial charge in [-0.05, 0) is 86.3 Å². The number of para-hydroxylation sites is 1. The van der Waals surface area contributed by atoms with Crippen molar-refractivity contribution in [3.63, 3.8) is 0 Å². The molecule has 1 atom stereocenters. The predicted molar refractivity (Wildman–Crippen MR) is 245 cm³/mol. The maximum atomic E-state index is 14.1. The maximum Gasteiger partial charge on any atom is 0.410 e. The summed E-state index contributed by atoms with van der Waals surface area (Å²) in [5.41, 5.74) is 3.77. The molecular formula is C49H64N4O6Si. The van der Waals surface area contributed by atoms with E-state index in [9.17, 15) is 14.4 Å². The van der Waals surface area contributed by atoms with E-state index in [4.69, 9.17) is 13.9 Å².